The average molecular weight is 260 g/mol. The summed E-state index contributed by atoms with van der Waals surface area (Å²) in [6.45, 7) is 2.80. The summed E-state index contributed by atoms with van der Waals surface area (Å²) in [6.07, 6.45) is 4.86. The Balaban J connectivity index is 0.00000169. The first-order valence-corrected chi connectivity index (χ1v) is 4.36. The molecule has 0 unspecified atom stereocenters. The maximum Gasteiger partial charge on any atom is 0.303 e. The Morgan fingerprint density at radius 2 is 2.00 bits per heavy atom. The molecule has 0 radical (unpaired) electrons. The first kappa shape index (κ1) is 13.1. The number of pyridine rings is 1. The molecule has 0 atom stereocenters. The maximum absolute atomic E-state index is 10.2. The van der Waals surface area contributed by atoms with E-state index in [1.807, 2.05) is 36.0 Å². The van der Waals surface area contributed by atoms with E-state index in [0.717, 1.165) is 6.54 Å². The zero-order chi connectivity index (χ0) is 9.68. The van der Waals surface area contributed by atoms with Crippen molar-refractivity contribution in [3.63, 3.8) is 0 Å². The highest BCUT2D eigenvalue weighted by Gasteiger charge is 2.01. The molecule has 0 amide bonds. The molecular formula is C10H14BrNO2. The van der Waals surface area contributed by atoms with Crippen LogP contribution in [0.25, 0.3) is 0 Å². The number of carboxylic acids is 1. The van der Waals surface area contributed by atoms with Gasteiger partial charge in [0.25, 0.3) is 0 Å². The van der Waals surface area contributed by atoms with Crippen molar-refractivity contribution in [3.8, 4) is 0 Å². The zero-order valence-corrected chi connectivity index (χ0v) is 9.70. The van der Waals surface area contributed by atoms with E-state index in [9.17, 15) is 4.79 Å². The van der Waals surface area contributed by atoms with Gasteiger partial charge in [-0.1, -0.05) is 0 Å². The van der Waals surface area contributed by atoms with E-state index in [2.05, 4.69) is 0 Å². The van der Waals surface area contributed by atoms with Gasteiger partial charge in [0.05, 0.1) is 6.42 Å². The molecule has 78 valence electrons. The highest BCUT2D eigenvalue weighted by molar-refractivity contribution is 5.66. The molecule has 0 aliphatic heterocycles. The molecule has 0 bridgehead atoms. The van der Waals surface area contributed by atoms with Crippen LogP contribution in [0.1, 0.15) is 18.4 Å². The van der Waals surface area contributed by atoms with E-state index in [4.69, 9.17) is 5.11 Å². The van der Waals surface area contributed by atoms with E-state index in [0.29, 0.717) is 6.42 Å². The van der Waals surface area contributed by atoms with Crippen LogP contribution >= 0.6 is 0 Å². The predicted molar refractivity (Wildman–Crippen MR) is 48.2 cm³/mol. The number of carboxylic acid groups (broad SMARTS) is 1. The van der Waals surface area contributed by atoms with E-state index >= 15 is 0 Å². The second-order valence-electron chi connectivity index (χ2n) is 3.11. The molecule has 3 nitrogen and oxygen atoms in total. The van der Waals surface area contributed by atoms with Crippen LogP contribution in [0.4, 0.5) is 0 Å². The van der Waals surface area contributed by atoms with Gasteiger partial charge in [-0.2, -0.15) is 0 Å². The van der Waals surface area contributed by atoms with Crippen LogP contribution in [-0.2, 0) is 11.3 Å². The van der Waals surface area contributed by atoms with E-state index in [1.165, 1.54) is 5.56 Å². The lowest BCUT2D eigenvalue weighted by Crippen LogP contribution is -3.00. The molecule has 1 aromatic heterocycles. The van der Waals surface area contributed by atoms with Gasteiger partial charge in [0, 0.05) is 18.6 Å². The first-order valence-electron chi connectivity index (χ1n) is 4.36. The summed E-state index contributed by atoms with van der Waals surface area (Å²) in [6, 6.07) is 4.03. The van der Waals surface area contributed by atoms with Crippen molar-refractivity contribution in [1.82, 2.24) is 0 Å². The third-order valence-electron chi connectivity index (χ3n) is 1.86. The third kappa shape index (κ3) is 4.97. The number of hydrogen-bond donors (Lipinski definition) is 1. The lowest BCUT2D eigenvalue weighted by Gasteiger charge is -1.95. The number of nitrogens with zero attached hydrogens (tertiary/aromatic N) is 1. The number of aryl methyl sites for hydroxylation is 2. The fourth-order valence-electron chi connectivity index (χ4n) is 1.09. The highest BCUT2D eigenvalue weighted by atomic mass is 79.9. The van der Waals surface area contributed by atoms with Gasteiger partial charge >= 0.3 is 5.97 Å². The number of carbonyl (C=O) groups is 1. The number of aromatic nitrogens is 1. The predicted octanol–water partition coefficient (Wildman–Crippen LogP) is -1.85. The Labute approximate surface area is 94.2 Å². The SMILES string of the molecule is Cc1cc[n+](CCCC(=O)O)cc1.[Br-]. The van der Waals surface area contributed by atoms with Gasteiger partial charge in [0.15, 0.2) is 12.4 Å². The van der Waals surface area contributed by atoms with Crippen molar-refractivity contribution < 1.29 is 31.4 Å². The third-order valence-corrected chi connectivity index (χ3v) is 1.86. The van der Waals surface area contributed by atoms with Gasteiger partial charge in [-0.15, -0.1) is 0 Å². The van der Waals surface area contributed by atoms with Crippen molar-refractivity contribution in [2.45, 2.75) is 26.3 Å². The second kappa shape index (κ2) is 6.54. The molecule has 0 saturated carbocycles. The van der Waals surface area contributed by atoms with E-state index < -0.39 is 5.97 Å². The Morgan fingerprint density at radius 3 is 2.50 bits per heavy atom. The van der Waals surface area contributed by atoms with Gasteiger partial charge in [0.1, 0.15) is 6.54 Å². The molecule has 0 aromatic carbocycles. The van der Waals surface area contributed by atoms with Crippen LogP contribution in [0, 0.1) is 6.92 Å². The van der Waals surface area contributed by atoms with Crippen molar-refractivity contribution in [2.75, 3.05) is 0 Å². The first-order chi connectivity index (χ1) is 6.18. The summed E-state index contributed by atoms with van der Waals surface area (Å²) in [5.74, 6) is -0.729. The van der Waals surface area contributed by atoms with E-state index in [1.54, 1.807) is 0 Å². The summed E-state index contributed by atoms with van der Waals surface area (Å²) >= 11 is 0. The van der Waals surface area contributed by atoms with Gasteiger partial charge < -0.3 is 22.1 Å². The van der Waals surface area contributed by atoms with E-state index in [-0.39, 0.29) is 23.4 Å². The largest absolute Gasteiger partial charge is 1.00 e. The average Bonchev–Trinajstić information content (AvgIpc) is 2.08. The summed E-state index contributed by atoms with van der Waals surface area (Å²) in [7, 11) is 0. The Bertz CT molecular complexity index is 285. The molecule has 1 N–H and O–H groups in total. The minimum Gasteiger partial charge on any atom is -1.00 e. The lowest BCUT2D eigenvalue weighted by molar-refractivity contribution is -0.697. The van der Waals surface area contributed by atoms with Crippen LogP contribution < -0.4 is 21.5 Å². The Morgan fingerprint density at radius 1 is 1.43 bits per heavy atom. The van der Waals surface area contributed by atoms with Crippen molar-refractivity contribution >= 4 is 5.97 Å². The fourth-order valence-corrected chi connectivity index (χ4v) is 1.09. The Hall–Kier alpha value is -0.900. The summed E-state index contributed by atoms with van der Waals surface area (Å²) in [5.41, 5.74) is 1.22. The molecule has 0 fully saturated rings. The Kier molecular flexibility index (Phi) is 6.12. The molecule has 14 heavy (non-hydrogen) atoms. The van der Waals surface area contributed by atoms with Crippen LogP contribution in [-0.4, -0.2) is 11.1 Å². The van der Waals surface area contributed by atoms with Crippen LogP contribution in [0.3, 0.4) is 0 Å². The molecule has 1 aromatic rings. The number of rotatable bonds is 4. The molecule has 1 rings (SSSR count). The maximum atomic E-state index is 10.2. The lowest BCUT2D eigenvalue weighted by atomic mass is 10.3. The van der Waals surface area contributed by atoms with Gasteiger partial charge in [-0.05, 0) is 12.5 Å². The zero-order valence-electron chi connectivity index (χ0n) is 8.11. The molecule has 4 heteroatoms. The molecule has 0 aliphatic carbocycles. The number of halogens is 1. The van der Waals surface area contributed by atoms with Crippen LogP contribution in [0.15, 0.2) is 24.5 Å². The topological polar surface area (TPSA) is 41.2 Å². The van der Waals surface area contributed by atoms with Crippen LogP contribution in [0.5, 0.6) is 0 Å². The van der Waals surface area contributed by atoms with Gasteiger partial charge in [-0.3, -0.25) is 4.79 Å². The minimum atomic E-state index is -0.729. The standard InChI is InChI=1S/C10H13NO2.BrH/c1-9-4-7-11(8-5-9)6-2-3-10(12)13;/h4-5,7-8H,2-3,6H2,1H3;1H. The molecule has 0 saturated heterocycles. The van der Waals surface area contributed by atoms with Crippen molar-refractivity contribution in [1.29, 1.82) is 0 Å². The summed E-state index contributed by atoms with van der Waals surface area (Å²) < 4.78 is 2.00. The second-order valence-corrected chi connectivity index (χ2v) is 3.11. The van der Waals surface area contributed by atoms with Crippen molar-refractivity contribution in [3.05, 3.63) is 30.1 Å². The molecular weight excluding hydrogens is 246 g/mol. The normalized spacial score (nSPS) is 9.21. The molecule has 0 spiro atoms. The molecule has 0 aliphatic rings. The number of hydrogen-bond acceptors (Lipinski definition) is 1. The van der Waals surface area contributed by atoms with Crippen LogP contribution in [0.2, 0.25) is 0 Å². The smallest absolute Gasteiger partial charge is 0.303 e. The quantitative estimate of drug-likeness (QED) is 0.646. The minimum absolute atomic E-state index is 0. The van der Waals surface area contributed by atoms with Crippen molar-refractivity contribution in [2.24, 2.45) is 0 Å². The monoisotopic (exact) mass is 259 g/mol. The summed E-state index contributed by atoms with van der Waals surface area (Å²) in [5, 5.41) is 8.43. The highest BCUT2D eigenvalue weighted by Crippen LogP contribution is 1.92. The van der Waals surface area contributed by atoms with Gasteiger partial charge in [0.2, 0.25) is 0 Å². The molecule has 1 heterocycles. The van der Waals surface area contributed by atoms with Gasteiger partial charge in [-0.25, -0.2) is 4.57 Å². The fraction of sp³-hybridized carbons (Fsp3) is 0.400. The number of aliphatic carboxylic acids is 1. The summed E-state index contributed by atoms with van der Waals surface area (Å²) in [4.78, 5) is 10.2.